The molecule has 0 saturated carbocycles. The third-order valence-electron chi connectivity index (χ3n) is 16.2. The Balaban J connectivity index is 1.13. The van der Waals surface area contributed by atoms with E-state index in [1.807, 2.05) is 54.6 Å². The molecule has 0 N–H and O–H groups in total. The van der Waals surface area contributed by atoms with Gasteiger partial charge < -0.3 is 14.2 Å². The van der Waals surface area contributed by atoms with Crippen LogP contribution in [0.1, 0.15) is 74.9 Å². The highest BCUT2D eigenvalue weighted by atomic mass is 19.1. The van der Waals surface area contributed by atoms with Gasteiger partial charge in [0.2, 0.25) is 0 Å². The molecule has 390 valence electrons. The lowest BCUT2D eigenvalue weighted by Crippen LogP contribution is -2.30. The third-order valence-corrected chi connectivity index (χ3v) is 16.2. The van der Waals surface area contributed by atoms with Crippen LogP contribution in [0.25, 0.3) is 55.3 Å². The first-order valence-electron chi connectivity index (χ1n) is 27.5. The average Bonchev–Trinajstić information content (AvgIpc) is 4.02. The third kappa shape index (κ3) is 8.47. The predicted molar refractivity (Wildman–Crippen MR) is 329 cm³/mol. The number of para-hydroxylation sites is 1. The van der Waals surface area contributed by atoms with Crippen LogP contribution in [-0.2, 0) is 16.2 Å². The first-order chi connectivity index (χ1) is 38.8. The van der Waals surface area contributed by atoms with Crippen LogP contribution in [-0.4, -0.2) is 0 Å². The van der Waals surface area contributed by atoms with Crippen LogP contribution >= 0.6 is 0 Å². The zero-order valence-electron chi connectivity index (χ0n) is 45.8. The molecular formula is C75H60F2N2O. The molecule has 1 aromatic heterocycles. The average molecular weight is 1040 g/mol. The van der Waals surface area contributed by atoms with E-state index < -0.39 is 5.41 Å². The predicted octanol–water partition coefficient (Wildman–Crippen LogP) is 21.1. The normalized spacial score (nSPS) is 12.8. The quantitative estimate of drug-likeness (QED) is 0.136. The number of fused-ring (bicyclic) bond motifs is 7. The number of furan rings is 1. The molecule has 0 unspecified atom stereocenters. The van der Waals surface area contributed by atoms with Gasteiger partial charge in [-0.05, 0) is 134 Å². The molecule has 12 aromatic rings. The summed E-state index contributed by atoms with van der Waals surface area (Å²) in [4.78, 5) is 4.70. The van der Waals surface area contributed by atoms with E-state index in [0.29, 0.717) is 11.1 Å². The summed E-state index contributed by atoms with van der Waals surface area (Å²) >= 11 is 0. The Bertz CT molecular complexity index is 4210. The summed E-state index contributed by atoms with van der Waals surface area (Å²) in [5, 5.41) is 2.07. The monoisotopic (exact) mass is 1040 g/mol. The fraction of sp³-hybridized carbons (Fsp3) is 0.120. The van der Waals surface area contributed by atoms with Gasteiger partial charge in [-0.25, -0.2) is 8.78 Å². The van der Waals surface area contributed by atoms with E-state index >= 15 is 8.78 Å². The highest BCUT2D eigenvalue weighted by Crippen LogP contribution is 2.63. The van der Waals surface area contributed by atoms with Crippen molar-refractivity contribution in [3.8, 4) is 33.4 Å². The second-order valence-electron chi connectivity index (χ2n) is 23.1. The van der Waals surface area contributed by atoms with E-state index in [9.17, 15) is 0 Å². The second-order valence-corrected chi connectivity index (χ2v) is 23.1. The van der Waals surface area contributed by atoms with Gasteiger partial charge in [-0.3, -0.25) is 0 Å². The van der Waals surface area contributed by atoms with Crippen LogP contribution in [0.4, 0.5) is 42.9 Å². The van der Waals surface area contributed by atoms with Gasteiger partial charge in [-0.15, -0.1) is 0 Å². The van der Waals surface area contributed by atoms with Crippen LogP contribution in [0.3, 0.4) is 0 Å². The molecule has 3 nitrogen and oxygen atoms in total. The molecule has 0 spiro atoms. The standard InChI is InChI=1S/C75H60F2N2O/c1-73(2,3)51-33-41-56(42-34-51)78(55-37-29-49(30-38-55)60-23-13-16-26-65(60)76)59-45-46-62-64(47-59)75(53-19-9-7-10-20-53,54-21-11-8-12-22-54)72-67(48-69-70(71(62)72)63-25-15-18-28-68(63)80-69)79(58-43-35-52(36-44-58)74(4,5)6)57-39-31-50(32-40-57)61-24-14-17-27-66(61)77/h7-48H,1-6H3. The Labute approximate surface area is 467 Å². The van der Waals surface area contributed by atoms with E-state index in [1.54, 1.807) is 12.1 Å². The van der Waals surface area contributed by atoms with Crippen molar-refractivity contribution >= 4 is 56.1 Å². The van der Waals surface area contributed by atoms with Gasteiger partial charge >= 0.3 is 0 Å². The zero-order valence-corrected chi connectivity index (χ0v) is 45.8. The van der Waals surface area contributed by atoms with Crippen molar-refractivity contribution in [2.24, 2.45) is 0 Å². The Morgan fingerprint density at radius 1 is 0.375 bits per heavy atom. The SMILES string of the molecule is CC(C)(C)c1ccc(N(c2ccc(-c3ccccc3F)cc2)c2ccc3c(c2)C(c2ccccc2)(c2ccccc2)c2c(N(c4ccc(-c5ccccc5F)cc4)c4ccc(C(C)(C)C)cc4)cc4oc5ccccc5c4c2-3)cc1. The van der Waals surface area contributed by atoms with E-state index in [4.69, 9.17) is 4.42 Å². The lowest BCUT2D eigenvalue weighted by molar-refractivity contribution is 0.590. The number of halogens is 2. The highest BCUT2D eigenvalue weighted by molar-refractivity contribution is 6.18. The topological polar surface area (TPSA) is 19.6 Å². The van der Waals surface area contributed by atoms with Crippen molar-refractivity contribution < 1.29 is 13.2 Å². The lowest BCUT2D eigenvalue weighted by atomic mass is 9.67. The van der Waals surface area contributed by atoms with Crippen molar-refractivity contribution in [2.75, 3.05) is 9.80 Å². The molecule has 5 heteroatoms. The molecule has 1 aliphatic rings. The maximum absolute atomic E-state index is 15.5. The number of anilines is 6. The molecule has 0 fully saturated rings. The maximum Gasteiger partial charge on any atom is 0.138 e. The Morgan fingerprint density at radius 2 is 0.800 bits per heavy atom. The van der Waals surface area contributed by atoms with Crippen molar-refractivity contribution in [1.82, 2.24) is 0 Å². The van der Waals surface area contributed by atoms with Crippen molar-refractivity contribution in [1.29, 1.82) is 0 Å². The molecule has 11 aromatic carbocycles. The largest absolute Gasteiger partial charge is 0.456 e. The summed E-state index contributed by atoms with van der Waals surface area (Å²) in [5.41, 5.74) is 17.9. The Hall–Kier alpha value is -9.32. The molecule has 0 atom stereocenters. The number of benzene rings is 11. The van der Waals surface area contributed by atoms with Crippen molar-refractivity contribution in [3.05, 3.63) is 300 Å². The Kier molecular flexibility index (Phi) is 12.3. The molecule has 0 aliphatic heterocycles. The minimum absolute atomic E-state index is 0.0558. The van der Waals surface area contributed by atoms with Gasteiger partial charge in [0, 0.05) is 67.5 Å². The van der Waals surface area contributed by atoms with Gasteiger partial charge in [0.15, 0.2) is 0 Å². The van der Waals surface area contributed by atoms with Gasteiger partial charge in [0.05, 0.1) is 11.1 Å². The van der Waals surface area contributed by atoms with E-state index in [2.05, 4.69) is 227 Å². The molecule has 0 radical (unpaired) electrons. The van der Waals surface area contributed by atoms with Crippen LogP contribution < -0.4 is 9.80 Å². The minimum Gasteiger partial charge on any atom is -0.456 e. The van der Waals surface area contributed by atoms with Crippen LogP contribution in [0, 0.1) is 11.6 Å². The number of hydrogen-bond acceptors (Lipinski definition) is 3. The molecule has 1 heterocycles. The molecule has 0 saturated heterocycles. The maximum atomic E-state index is 15.5. The summed E-state index contributed by atoms with van der Waals surface area (Å²) in [7, 11) is 0. The van der Waals surface area contributed by atoms with Crippen LogP contribution in [0.15, 0.2) is 259 Å². The first-order valence-corrected chi connectivity index (χ1v) is 27.5. The molecule has 1 aliphatic carbocycles. The lowest BCUT2D eigenvalue weighted by Gasteiger charge is -2.38. The zero-order chi connectivity index (χ0) is 54.9. The molecular weight excluding hydrogens is 983 g/mol. The molecule has 80 heavy (non-hydrogen) atoms. The minimum atomic E-state index is -0.932. The van der Waals surface area contributed by atoms with E-state index in [1.165, 1.54) is 23.3 Å². The van der Waals surface area contributed by atoms with Gasteiger partial charge in [0.1, 0.15) is 22.8 Å². The summed E-state index contributed by atoms with van der Waals surface area (Å²) in [6, 6.07) is 87.7. The number of rotatable bonds is 10. The summed E-state index contributed by atoms with van der Waals surface area (Å²) in [5.74, 6) is -0.527. The van der Waals surface area contributed by atoms with E-state index in [-0.39, 0.29) is 22.5 Å². The Morgan fingerprint density at radius 3 is 1.29 bits per heavy atom. The molecule has 13 rings (SSSR count). The molecule has 0 amide bonds. The second kappa shape index (κ2) is 19.5. The highest BCUT2D eigenvalue weighted by Gasteiger charge is 2.50. The van der Waals surface area contributed by atoms with E-state index in [0.717, 1.165) is 101 Å². The fourth-order valence-electron chi connectivity index (χ4n) is 12.2. The van der Waals surface area contributed by atoms with Crippen molar-refractivity contribution in [2.45, 2.75) is 57.8 Å². The summed E-state index contributed by atoms with van der Waals surface area (Å²) in [6.07, 6.45) is 0. The van der Waals surface area contributed by atoms with Gasteiger partial charge in [-0.2, -0.15) is 0 Å². The first kappa shape index (κ1) is 50.2. The molecule has 0 bridgehead atoms. The number of hydrogen-bond donors (Lipinski definition) is 0. The fourth-order valence-corrected chi connectivity index (χ4v) is 12.2. The smallest absolute Gasteiger partial charge is 0.138 e. The van der Waals surface area contributed by atoms with Crippen molar-refractivity contribution in [3.63, 3.8) is 0 Å². The van der Waals surface area contributed by atoms with Gasteiger partial charge in [-0.1, -0.05) is 211 Å². The van der Waals surface area contributed by atoms with Crippen LogP contribution in [0.5, 0.6) is 0 Å². The summed E-state index contributed by atoms with van der Waals surface area (Å²) < 4.78 is 37.9. The van der Waals surface area contributed by atoms with Crippen LogP contribution in [0.2, 0.25) is 0 Å². The van der Waals surface area contributed by atoms with Gasteiger partial charge in [0.25, 0.3) is 0 Å². The summed E-state index contributed by atoms with van der Waals surface area (Å²) in [6.45, 7) is 13.4. The number of nitrogens with zero attached hydrogens (tertiary/aromatic N) is 2.